The molecule has 13 heavy (non-hydrogen) atoms. The fraction of sp³-hybridized carbons (Fsp3) is 1.00. The van der Waals surface area contributed by atoms with Crippen molar-refractivity contribution in [2.45, 2.75) is 38.8 Å². The third-order valence-electron chi connectivity index (χ3n) is 2.83. The lowest BCUT2D eigenvalue weighted by Crippen LogP contribution is -2.56. The lowest BCUT2D eigenvalue weighted by molar-refractivity contribution is -0.0695. The van der Waals surface area contributed by atoms with E-state index in [0.717, 1.165) is 32.7 Å². The Labute approximate surface area is 81.2 Å². The van der Waals surface area contributed by atoms with E-state index in [9.17, 15) is 0 Å². The van der Waals surface area contributed by atoms with Crippen LogP contribution in [0.3, 0.4) is 0 Å². The molecule has 0 amide bonds. The Morgan fingerprint density at radius 1 is 1.54 bits per heavy atom. The van der Waals surface area contributed by atoms with E-state index < -0.39 is 0 Å². The fourth-order valence-corrected chi connectivity index (χ4v) is 2.08. The Balaban J connectivity index is 2.54. The molecule has 1 atom stereocenters. The molecule has 0 bridgehead atoms. The second kappa shape index (κ2) is 4.40. The Kier molecular flexibility index (Phi) is 3.71. The van der Waals surface area contributed by atoms with E-state index >= 15 is 0 Å². The van der Waals surface area contributed by atoms with Crippen LogP contribution in [0.1, 0.15) is 27.2 Å². The smallest absolute Gasteiger partial charge is 0.0645 e. The topological polar surface area (TPSA) is 38.5 Å². The number of rotatable bonds is 3. The van der Waals surface area contributed by atoms with Gasteiger partial charge in [-0.2, -0.15) is 0 Å². The van der Waals surface area contributed by atoms with Gasteiger partial charge in [-0.25, -0.2) is 0 Å². The Hall–Kier alpha value is -0.120. The van der Waals surface area contributed by atoms with Crippen LogP contribution in [0.15, 0.2) is 0 Å². The van der Waals surface area contributed by atoms with Gasteiger partial charge in [0.1, 0.15) is 0 Å². The average Bonchev–Trinajstić information content (AvgIpc) is 2.03. The summed E-state index contributed by atoms with van der Waals surface area (Å²) >= 11 is 0. The first kappa shape index (κ1) is 11.0. The van der Waals surface area contributed by atoms with E-state index in [1.807, 2.05) is 0 Å². The van der Waals surface area contributed by atoms with Crippen LogP contribution in [0.2, 0.25) is 0 Å². The highest BCUT2D eigenvalue weighted by molar-refractivity contribution is 4.87. The predicted octanol–water partition coefficient (Wildman–Crippen LogP) is 0.834. The van der Waals surface area contributed by atoms with Crippen LogP contribution in [-0.2, 0) is 4.74 Å². The molecule has 0 spiro atoms. The SMILES string of the molecule is CC(CCN)N1CCOCC1(C)C. The molecule has 1 aliphatic rings. The first-order chi connectivity index (χ1) is 6.08. The van der Waals surface area contributed by atoms with E-state index in [-0.39, 0.29) is 5.54 Å². The lowest BCUT2D eigenvalue weighted by atomic mass is 9.99. The van der Waals surface area contributed by atoms with Gasteiger partial charge in [-0.05, 0) is 33.7 Å². The molecular formula is C10H22N2O. The van der Waals surface area contributed by atoms with E-state index in [1.165, 1.54) is 0 Å². The van der Waals surface area contributed by atoms with Crippen LogP contribution in [0.4, 0.5) is 0 Å². The quantitative estimate of drug-likeness (QED) is 0.709. The summed E-state index contributed by atoms with van der Waals surface area (Å²) in [7, 11) is 0. The molecule has 1 saturated heterocycles. The van der Waals surface area contributed by atoms with E-state index in [1.54, 1.807) is 0 Å². The van der Waals surface area contributed by atoms with Gasteiger partial charge in [-0.1, -0.05) is 0 Å². The van der Waals surface area contributed by atoms with Crippen LogP contribution < -0.4 is 5.73 Å². The van der Waals surface area contributed by atoms with E-state index in [0.29, 0.717) is 6.04 Å². The Bertz CT molecular complexity index is 159. The van der Waals surface area contributed by atoms with Gasteiger partial charge in [-0.15, -0.1) is 0 Å². The van der Waals surface area contributed by atoms with Crippen molar-refractivity contribution in [3.8, 4) is 0 Å². The number of hydrogen-bond donors (Lipinski definition) is 1. The highest BCUT2D eigenvalue weighted by Gasteiger charge is 2.33. The first-order valence-electron chi connectivity index (χ1n) is 5.12. The maximum Gasteiger partial charge on any atom is 0.0645 e. The summed E-state index contributed by atoms with van der Waals surface area (Å²) in [5.74, 6) is 0. The van der Waals surface area contributed by atoms with E-state index in [2.05, 4.69) is 25.7 Å². The molecule has 1 rings (SSSR count). The van der Waals surface area contributed by atoms with Crippen molar-refractivity contribution in [1.82, 2.24) is 4.90 Å². The highest BCUT2D eigenvalue weighted by atomic mass is 16.5. The predicted molar refractivity (Wildman–Crippen MR) is 54.7 cm³/mol. The molecule has 3 heteroatoms. The standard InChI is InChI=1S/C10H22N2O/c1-9(4-5-11)12-6-7-13-8-10(12,2)3/h9H,4-8,11H2,1-3H3. The van der Waals surface area contributed by atoms with E-state index in [4.69, 9.17) is 10.5 Å². The van der Waals surface area contributed by atoms with Gasteiger partial charge in [0.2, 0.25) is 0 Å². The zero-order valence-electron chi connectivity index (χ0n) is 9.05. The number of morpholine rings is 1. The number of hydrogen-bond acceptors (Lipinski definition) is 3. The van der Waals surface area contributed by atoms with Gasteiger partial charge in [0.25, 0.3) is 0 Å². The van der Waals surface area contributed by atoms with Crippen LogP contribution in [0.25, 0.3) is 0 Å². The summed E-state index contributed by atoms with van der Waals surface area (Å²) in [6.45, 7) is 10.2. The van der Waals surface area contributed by atoms with Crippen LogP contribution in [-0.4, -0.2) is 42.8 Å². The third-order valence-corrected chi connectivity index (χ3v) is 2.83. The molecule has 78 valence electrons. The van der Waals surface area contributed by atoms with Gasteiger partial charge in [0, 0.05) is 18.1 Å². The van der Waals surface area contributed by atoms with Crippen LogP contribution >= 0.6 is 0 Å². The molecule has 1 unspecified atom stereocenters. The van der Waals surface area contributed by atoms with Gasteiger partial charge in [-0.3, -0.25) is 4.90 Å². The Morgan fingerprint density at radius 3 is 2.77 bits per heavy atom. The fourth-order valence-electron chi connectivity index (χ4n) is 2.08. The molecule has 2 N–H and O–H groups in total. The van der Waals surface area contributed by atoms with Crippen molar-refractivity contribution in [2.24, 2.45) is 5.73 Å². The summed E-state index contributed by atoms with van der Waals surface area (Å²) in [4.78, 5) is 2.50. The zero-order chi connectivity index (χ0) is 9.90. The van der Waals surface area contributed by atoms with Gasteiger partial charge < -0.3 is 10.5 Å². The molecule has 0 aromatic rings. The van der Waals surface area contributed by atoms with Crippen molar-refractivity contribution < 1.29 is 4.74 Å². The van der Waals surface area contributed by atoms with Gasteiger partial charge in [0.15, 0.2) is 0 Å². The molecule has 1 aliphatic heterocycles. The molecule has 0 saturated carbocycles. The number of nitrogens with zero attached hydrogens (tertiary/aromatic N) is 1. The first-order valence-corrected chi connectivity index (χ1v) is 5.12. The minimum absolute atomic E-state index is 0.173. The highest BCUT2D eigenvalue weighted by Crippen LogP contribution is 2.22. The molecule has 1 heterocycles. The summed E-state index contributed by atoms with van der Waals surface area (Å²) in [6, 6.07) is 0.573. The summed E-state index contributed by atoms with van der Waals surface area (Å²) in [5.41, 5.74) is 5.74. The van der Waals surface area contributed by atoms with Crippen molar-refractivity contribution in [1.29, 1.82) is 0 Å². The molecule has 3 nitrogen and oxygen atoms in total. The zero-order valence-corrected chi connectivity index (χ0v) is 9.05. The Morgan fingerprint density at radius 2 is 2.23 bits per heavy atom. The van der Waals surface area contributed by atoms with Crippen molar-refractivity contribution >= 4 is 0 Å². The second-order valence-corrected chi connectivity index (χ2v) is 4.48. The molecular weight excluding hydrogens is 164 g/mol. The largest absolute Gasteiger partial charge is 0.378 e. The number of ether oxygens (including phenoxy) is 1. The molecule has 0 aromatic carbocycles. The number of nitrogens with two attached hydrogens (primary N) is 1. The maximum absolute atomic E-state index is 5.57. The third kappa shape index (κ3) is 2.66. The lowest BCUT2D eigenvalue weighted by Gasteiger charge is -2.45. The van der Waals surface area contributed by atoms with Crippen LogP contribution in [0, 0.1) is 0 Å². The second-order valence-electron chi connectivity index (χ2n) is 4.48. The van der Waals surface area contributed by atoms with Crippen LogP contribution in [0.5, 0.6) is 0 Å². The minimum atomic E-state index is 0.173. The van der Waals surface area contributed by atoms with Gasteiger partial charge >= 0.3 is 0 Å². The average molecular weight is 186 g/mol. The van der Waals surface area contributed by atoms with Crippen molar-refractivity contribution in [2.75, 3.05) is 26.3 Å². The molecule has 0 radical (unpaired) electrons. The van der Waals surface area contributed by atoms with Crippen molar-refractivity contribution in [3.05, 3.63) is 0 Å². The molecule has 0 aliphatic carbocycles. The van der Waals surface area contributed by atoms with Crippen molar-refractivity contribution in [3.63, 3.8) is 0 Å². The minimum Gasteiger partial charge on any atom is -0.378 e. The van der Waals surface area contributed by atoms with Gasteiger partial charge in [0.05, 0.1) is 13.2 Å². The molecule has 0 aromatic heterocycles. The monoisotopic (exact) mass is 186 g/mol. The summed E-state index contributed by atoms with van der Waals surface area (Å²) in [6.07, 6.45) is 1.07. The normalized spacial score (nSPS) is 25.8. The maximum atomic E-state index is 5.57. The summed E-state index contributed by atoms with van der Waals surface area (Å²) in [5, 5.41) is 0. The molecule has 1 fully saturated rings. The summed E-state index contributed by atoms with van der Waals surface area (Å²) < 4.78 is 5.47.